The second kappa shape index (κ2) is 7.13. The van der Waals surface area contributed by atoms with E-state index in [1.807, 2.05) is 25.7 Å². The third-order valence-electron chi connectivity index (χ3n) is 3.15. The fraction of sp³-hybridized carbons (Fsp3) is 0.692. The summed E-state index contributed by atoms with van der Waals surface area (Å²) >= 11 is 0. The van der Waals surface area contributed by atoms with Crippen LogP contribution in [0.4, 0.5) is 5.82 Å². The molecule has 0 saturated heterocycles. The summed E-state index contributed by atoms with van der Waals surface area (Å²) in [4.78, 5) is 13.7. The number of aromatic nitrogens is 2. The van der Waals surface area contributed by atoms with E-state index in [9.17, 15) is 4.79 Å². The summed E-state index contributed by atoms with van der Waals surface area (Å²) in [5.74, 6) is 1.05. The SMILES string of the molecule is CCCN(CC(=O)NC)Cc1c(C)nn(C)c1NC. The van der Waals surface area contributed by atoms with Crippen LogP contribution in [0.15, 0.2) is 0 Å². The first-order chi connectivity index (χ1) is 9.03. The van der Waals surface area contributed by atoms with Gasteiger partial charge in [-0.25, -0.2) is 0 Å². The van der Waals surface area contributed by atoms with E-state index in [-0.39, 0.29) is 5.91 Å². The van der Waals surface area contributed by atoms with Crippen LogP contribution in [0.2, 0.25) is 0 Å². The molecule has 6 heteroatoms. The molecule has 1 amide bonds. The van der Waals surface area contributed by atoms with Gasteiger partial charge in [0.1, 0.15) is 5.82 Å². The Morgan fingerprint density at radius 1 is 1.42 bits per heavy atom. The van der Waals surface area contributed by atoms with Crippen molar-refractivity contribution >= 4 is 11.7 Å². The molecular formula is C13H25N5O. The molecular weight excluding hydrogens is 242 g/mol. The largest absolute Gasteiger partial charge is 0.373 e. The first-order valence-electron chi connectivity index (χ1n) is 6.66. The van der Waals surface area contributed by atoms with Gasteiger partial charge in [-0.05, 0) is 19.9 Å². The van der Waals surface area contributed by atoms with Crippen LogP contribution in [-0.4, -0.2) is 47.8 Å². The predicted molar refractivity (Wildman–Crippen MR) is 77.1 cm³/mol. The highest BCUT2D eigenvalue weighted by Crippen LogP contribution is 2.20. The smallest absolute Gasteiger partial charge is 0.233 e. The van der Waals surface area contributed by atoms with Crippen molar-refractivity contribution in [3.63, 3.8) is 0 Å². The van der Waals surface area contributed by atoms with Gasteiger partial charge in [-0.3, -0.25) is 14.4 Å². The molecule has 0 atom stereocenters. The van der Waals surface area contributed by atoms with Crippen molar-refractivity contribution in [3.05, 3.63) is 11.3 Å². The summed E-state index contributed by atoms with van der Waals surface area (Å²) in [6.07, 6.45) is 1.02. The van der Waals surface area contributed by atoms with E-state index in [0.717, 1.165) is 36.6 Å². The molecule has 0 radical (unpaired) electrons. The minimum atomic E-state index is 0.0426. The fourth-order valence-electron chi connectivity index (χ4n) is 2.24. The lowest BCUT2D eigenvalue weighted by atomic mass is 10.2. The second-order valence-corrected chi connectivity index (χ2v) is 4.67. The number of rotatable bonds is 7. The Balaban J connectivity index is 2.86. The van der Waals surface area contributed by atoms with Crippen molar-refractivity contribution in [2.45, 2.75) is 26.8 Å². The maximum atomic E-state index is 11.5. The molecule has 2 N–H and O–H groups in total. The highest BCUT2D eigenvalue weighted by atomic mass is 16.1. The van der Waals surface area contributed by atoms with Crippen molar-refractivity contribution in [2.75, 3.05) is 32.5 Å². The number of anilines is 1. The molecule has 0 unspecified atom stereocenters. The average Bonchev–Trinajstić information content (AvgIpc) is 2.63. The van der Waals surface area contributed by atoms with Gasteiger partial charge in [0.25, 0.3) is 0 Å². The zero-order chi connectivity index (χ0) is 14.4. The van der Waals surface area contributed by atoms with Crippen LogP contribution in [0.5, 0.6) is 0 Å². The van der Waals surface area contributed by atoms with Crippen LogP contribution in [0, 0.1) is 6.92 Å². The maximum Gasteiger partial charge on any atom is 0.233 e. The zero-order valence-electron chi connectivity index (χ0n) is 12.6. The van der Waals surface area contributed by atoms with Crippen LogP contribution in [0.1, 0.15) is 24.6 Å². The molecule has 0 aliphatic heterocycles. The van der Waals surface area contributed by atoms with E-state index in [1.54, 1.807) is 7.05 Å². The number of amides is 1. The van der Waals surface area contributed by atoms with Crippen molar-refractivity contribution in [1.29, 1.82) is 0 Å². The maximum absolute atomic E-state index is 11.5. The van der Waals surface area contributed by atoms with Gasteiger partial charge in [0, 0.05) is 33.3 Å². The monoisotopic (exact) mass is 267 g/mol. The first kappa shape index (κ1) is 15.5. The molecule has 0 fully saturated rings. The third-order valence-corrected chi connectivity index (χ3v) is 3.15. The Kier molecular flexibility index (Phi) is 5.82. The molecule has 0 aliphatic rings. The number of nitrogens with one attached hydrogen (secondary N) is 2. The highest BCUT2D eigenvalue weighted by molar-refractivity contribution is 5.77. The van der Waals surface area contributed by atoms with E-state index >= 15 is 0 Å². The molecule has 0 bridgehead atoms. The number of aryl methyl sites for hydroxylation is 2. The molecule has 6 nitrogen and oxygen atoms in total. The van der Waals surface area contributed by atoms with Crippen LogP contribution >= 0.6 is 0 Å². The van der Waals surface area contributed by atoms with Crippen molar-refractivity contribution in [2.24, 2.45) is 7.05 Å². The predicted octanol–water partition coefficient (Wildman–Crippen LogP) is 0.728. The zero-order valence-corrected chi connectivity index (χ0v) is 12.6. The number of hydrogen-bond donors (Lipinski definition) is 2. The van der Waals surface area contributed by atoms with Crippen molar-refractivity contribution < 1.29 is 4.79 Å². The van der Waals surface area contributed by atoms with Gasteiger partial charge in [-0.15, -0.1) is 0 Å². The van der Waals surface area contributed by atoms with Crippen LogP contribution in [0.25, 0.3) is 0 Å². The summed E-state index contributed by atoms with van der Waals surface area (Å²) in [5.41, 5.74) is 2.16. The Hall–Kier alpha value is -1.56. The molecule has 108 valence electrons. The molecule has 1 heterocycles. The molecule has 0 saturated carbocycles. The van der Waals surface area contributed by atoms with Gasteiger partial charge in [-0.2, -0.15) is 5.10 Å². The van der Waals surface area contributed by atoms with Crippen molar-refractivity contribution in [1.82, 2.24) is 20.0 Å². The van der Waals surface area contributed by atoms with Gasteiger partial charge in [0.2, 0.25) is 5.91 Å². The molecule has 19 heavy (non-hydrogen) atoms. The standard InChI is InChI=1S/C13H25N5O/c1-6-7-18(9-12(19)14-3)8-11-10(2)16-17(5)13(11)15-4/h15H,6-9H2,1-5H3,(H,14,19). The highest BCUT2D eigenvalue weighted by Gasteiger charge is 2.17. The number of likely N-dealkylation sites (N-methyl/N-ethyl adjacent to an activating group) is 1. The minimum absolute atomic E-state index is 0.0426. The molecule has 0 aliphatic carbocycles. The van der Waals surface area contributed by atoms with Crippen LogP contribution in [0.3, 0.4) is 0 Å². The van der Waals surface area contributed by atoms with E-state index in [0.29, 0.717) is 6.54 Å². The summed E-state index contributed by atoms with van der Waals surface area (Å²) in [6, 6.07) is 0. The Morgan fingerprint density at radius 2 is 2.11 bits per heavy atom. The number of hydrogen-bond acceptors (Lipinski definition) is 4. The van der Waals surface area contributed by atoms with E-state index in [4.69, 9.17) is 0 Å². The molecule has 1 aromatic rings. The average molecular weight is 267 g/mol. The van der Waals surface area contributed by atoms with Gasteiger partial charge in [0.15, 0.2) is 0 Å². The van der Waals surface area contributed by atoms with Gasteiger partial charge in [0.05, 0.1) is 12.2 Å². The van der Waals surface area contributed by atoms with Crippen LogP contribution in [-0.2, 0) is 18.4 Å². The summed E-state index contributed by atoms with van der Waals surface area (Å²) in [6.45, 7) is 6.16. The summed E-state index contributed by atoms with van der Waals surface area (Å²) in [7, 11) is 5.48. The van der Waals surface area contributed by atoms with E-state index in [2.05, 4.69) is 27.6 Å². The normalized spacial score (nSPS) is 10.8. The lowest BCUT2D eigenvalue weighted by Gasteiger charge is -2.21. The molecule has 0 spiro atoms. The number of carbonyl (C=O) groups is 1. The first-order valence-corrected chi connectivity index (χ1v) is 6.66. The van der Waals surface area contributed by atoms with E-state index < -0.39 is 0 Å². The topological polar surface area (TPSA) is 62.2 Å². The van der Waals surface area contributed by atoms with E-state index in [1.165, 1.54) is 0 Å². The summed E-state index contributed by atoms with van der Waals surface area (Å²) < 4.78 is 1.84. The third kappa shape index (κ3) is 3.96. The Bertz CT molecular complexity index is 427. The molecule has 1 rings (SSSR count). The van der Waals surface area contributed by atoms with Crippen molar-refractivity contribution in [3.8, 4) is 0 Å². The lowest BCUT2D eigenvalue weighted by Crippen LogP contribution is -2.35. The quantitative estimate of drug-likeness (QED) is 0.764. The Morgan fingerprint density at radius 3 is 2.63 bits per heavy atom. The van der Waals surface area contributed by atoms with Crippen LogP contribution < -0.4 is 10.6 Å². The molecule has 0 aromatic carbocycles. The lowest BCUT2D eigenvalue weighted by molar-refractivity contribution is -0.121. The second-order valence-electron chi connectivity index (χ2n) is 4.67. The Labute approximate surface area is 115 Å². The van der Waals surface area contributed by atoms with Gasteiger partial charge in [-0.1, -0.05) is 6.92 Å². The number of nitrogens with zero attached hydrogens (tertiary/aromatic N) is 3. The fourth-order valence-corrected chi connectivity index (χ4v) is 2.24. The summed E-state index contributed by atoms with van der Waals surface area (Å²) in [5, 5.41) is 10.3. The van der Waals surface area contributed by atoms with Gasteiger partial charge >= 0.3 is 0 Å². The van der Waals surface area contributed by atoms with Gasteiger partial charge < -0.3 is 10.6 Å². The minimum Gasteiger partial charge on any atom is -0.373 e. The number of carbonyl (C=O) groups excluding carboxylic acids is 1. The molecule has 1 aromatic heterocycles.